The molecule has 19 atom stereocenters. The van der Waals surface area contributed by atoms with Gasteiger partial charge in [0, 0.05) is 58.6 Å². The Balaban J connectivity index is 0.933. The smallest absolute Gasteiger partial charge is 0.207 e. The predicted molar refractivity (Wildman–Crippen MR) is 250 cm³/mol. The van der Waals surface area contributed by atoms with Gasteiger partial charge in [-0.2, -0.15) is 0 Å². The van der Waals surface area contributed by atoms with Crippen LogP contribution in [0, 0.1) is 29.6 Å². The number of hydrogen-bond acceptors (Lipinski definition) is 12. The monoisotopic (exact) mass is 937 g/mol. The maximum Gasteiger partial charge on any atom is 0.207 e. The molecule has 0 aliphatic carbocycles. The average molecular weight is 937 g/mol. The van der Waals surface area contributed by atoms with Crippen LogP contribution in [0.2, 0.25) is 18.1 Å². The molecule has 0 amide bonds. The Bertz CT molecular complexity index is 1650. The molecule has 6 bridgehead atoms. The van der Waals surface area contributed by atoms with Gasteiger partial charge < -0.3 is 47.2 Å². The van der Waals surface area contributed by atoms with Crippen LogP contribution in [0.5, 0.6) is 0 Å². The van der Waals surface area contributed by atoms with E-state index in [4.69, 9.17) is 42.1 Å². The van der Waals surface area contributed by atoms with E-state index in [2.05, 4.69) is 61.6 Å². The second-order valence-corrected chi connectivity index (χ2v) is 28.9. The van der Waals surface area contributed by atoms with E-state index in [0.29, 0.717) is 31.6 Å². The molecule has 366 valence electrons. The van der Waals surface area contributed by atoms with E-state index in [1.54, 1.807) is 6.66 Å². The first-order valence-electron chi connectivity index (χ1n) is 25.3. The second kappa shape index (κ2) is 21.5. The number of ketones is 1. The first kappa shape index (κ1) is 51.1. The van der Waals surface area contributed by atoms with Crippen LogP contribution in [-0.2, 0) is 51.5 Å². The fourth-order valence-corrected chi connectivity index (χ4v) is 16.1. The molecule has 14 heteroatoms. The van der Waals surface area contributed by atoms with Crippen LogP contribution in [0.1, 0.15) is 126 Å². The first-order valence-corrected chi connectivity index (χ1v) is 30.1. The maximum absolute atomic E-state index is 13.5. The van der Waals surface area contributed by atoms with Crippen molar-refractivity contribution in [2.75, 3.05) is 33.2 Å². The minimum atomic E-state index is -3.00. The van der Waals surface area contributed by atoms with E-state index in [1.165, 1.54) is 7.11 Å². The third-order valence-electron chi connectivity index (χ3n) is 17.0. The summed E-state index contributed by atoms with van der Waals surface area (Å²) in [4.78, 5) is 13.5. The molecule has 1 N–H and O–H groups in total. The highest BCUT2D eigenvalue weighted by molar-refractivity contribution is 7.59. The standard InChI is InChI=1S/C50H85O12PSi/c1-12-64(13-2,14-3)55-28-30(4)22-42-34(8)39(25-36(52)29-63(11,53)54-10)44(58-42)26-43-33(7)31(5)23-37(57-43)17-18-40-32(6)24-38(56-40)19-20-50-27-45-47(62-50)49-48(60-45)46(61-50)35(9)41(59-49)16-15-21-51/h30-31,34-35,37-49,51H,6-7,12-29H2,1-5,8-11H3/t30-,31+,34+,35-,37-,38-,39+,40?,41-,42+,43?,44-,45+,46-,47?,48-,49-,50+,63?/m0/s1. The van der Waals surface area contributed by atoms with Crippen molar-refractivity contribution in [3.8, 4) is 0 Å². The number of aliphatic hydroxyl groups is 1. The van der Waals surface area contributed by atoms with Crippen molar-refractivity contribution in [3.63, 3.8) is 0 Å². The summed E-state index contributed by atoms with van der Waals surface area (Å²) in [5.41, 5.74) is 2.23. The molecule has 0 aromatic carbocycles. The SMILES string of the molecule is C=C1C[C@H](CC[C@@]23C[C@H]4O[C@H]5[C@@H](O2)[C@@H](C)[C@H](CCCO)O[C@H]5C4O3)OC1CC[C@H]1C[C@@H](C)C(=C)C(C[C@@H]2O[C@H](C[C@H](C)CO[Si](CC)(CC)CC)[C@H](C)[C@H]2CC(=O)CP(C)(=O)OC)O1. The number of carbonyl (C=O) groups excluding carboxylic acids is 1. The molecule has 12 nitrogen and oxygen atoms in total. The molecular weight excluding hydrogens is 852 g/mol. The molecule has 0 spiro atoms. The lowest BCUT2D eigenvalue weighted by molar-refractivity contribution is -0.263. The summed E-state index contributed by atoms with van der Waals surface area (Å²) in [5.74, 6) is 0.136. The summed E-state index contributed by atoms with van der Waals surface area (Å²) in [7, 11) is -3.29. The van der Waals surface area contributed by atoms with Crippen LogP contribution in [0.3, 0.4) is 0 Å². The van der Waals surface area contributed by atoms with E-state index >= 15 is 0 Å². The van der Waals surface area contributed by atoms with E-state index in [9.17, 15) is 14.5 Å². The number of hydrogen-bond donors (Lipinski definition) is 1. The highest BCUT2D eigenvalue weighted by atomic mass is 31.2. The molecule has 0 saturated carbocycles. The average Bonchev–Trinajstić information content (AvgIpc) is 3.93. The summed E-state index contributed by atoms with van der Waals surface area (Å²) < 4.78 is 72.2. The number of carbonyl (C=O) groups is 1. The van der Waals surface area contributed by atoms with Gasteiger partial charge in [-0.1, -0.05) is 61.6 Å². The van der Waals surface area contributed by atoms with Crippen molar-refractivity contribution in [1.82, 2.24) is 0 Å². The van der Waals surface area contributed by atoms with E-state index in [0.717, 1.165) is 87.3 Å². The lowest BCUT2D eigenvalue weighted by atomic mass is 9.79. The van der Waals surface area contributed by atoms with Gasteiger partial charge in [-0.05, 0) is 104 Å². The minimum absolute atomic E-state index is 0.0111. The Morgan fingerprint density at radius 1 is 0.875 bits per heavy atom. The third kappa shape index (κ3) is 11.3. The minimum Gasteiger partial charge on any atom is -0.417 e. The van der Waals surface area contributed by atoms with Crippen molar-refractivity contribution in [3.05, 3.63) is 24.3 Å². The number of rotatable bonds is 24. The van der Waals surface area contributed by atoms with E-state index in [1.807, 2.05) is 0 Å². The van der Waals surface area contributed by atoms with Crippen LogP contribution in [0.25, 0.3) is 0 Å². The Morgan fingerprint density at radius 3 is 2.28 bits per heavy atom. The van der Waals surface area contributed by atoms with Crippen LogP contribution in [0.15, 0.2) is 24.3 Å². The van der Waals surface area contributed by atoms with Gasteiger partial charge in [-0.15, -0.1) is 0 Å². The molecule has 0 aromatic rings. The van der Waals surface area contributed by atoms with Gasteiger partial charge >= 0.3 is 0 Å². The van der Waals surface area contributed by atoms with Gasteiger partial charge in [-0.25, -0.2) is 0 Å². The normalized spacial score (nSPS) is 42.0. The van der Waals surface area contributed by atoms with E-state index < -0.39 is 21.5 Å². The zero-order valence-electron chi connectivity index (χ0n) is 40.8. The Morgan fingerprint density at radius 2 is 1.58 bits per heavy atom. The maximum atomic E-state index is 13.5. The summed E-state index contributed by atoms with van der Waals surface area (Å²) in [6.07, 6.45) is 8.15. The van der Waals surface area contributed by atoms with Crippen molar-refractivity contribution in [2.45, 2.75) is 223 Å². The fourth-order valence-electron chi connectivity index (χ4n) is 12.5. The molecule has 8 fully saturated rings. The van der Waals surface area contributed by atoms with Crippen molar-refractivity contribution >= 4 is 21.5 Å². The highest BCUT2D eigenvalue weighted by Gasteiger charge is 2.67. The van der Waals surface area contributed by atoms with Crippen molar-refractivity contribution < 1.29 is 56.6 Å². The third-order valence-corrected chi connectivity index (χ3v) is 23.3. The first-order chi connectivity index (χ1) is 30.5. The summed E-state index contributed by atoms with van der Waals surface area (Å²) in [6.45, 7) is 27.2. The molecule has 8 aliphatic rings. The summed E-state index contributed by atoms with van der Waals surface area (Å²) in [5, 5.41) is 9.49. The summed E-state index contributed by atoms with van der Waals surface area (Å²) >= 11 is 0. The number of Topliss-reactive ketones (excluding diaryl/α,β-unsaturated/α-hetero) is 1. The Labute approximate surface area is 386 Å². The zero-order chi connectivity index (χ0) is 46.1. The topological polar surface area (TPSA) is 137 Å². The van der Waals surface area contributed by atoms with Gasteiger partial charge in [0.1, 0.15) is 24.1 Å². The quantitative estimate of drug-likeness (QED) is 0.0561. The van der Waals surface area contributed by atoms with Gasteiger partial charge in [0.05, 0.1) is 61.1 Å². The Kier molecular flexibility index (Phi) is 17.1. The lowest BCUT2D eigenvalue weighted by Crippen LogP contribution is -2.54. The molecule has 0 aromatic heterocycles. The van der Waals surface area contributed by atoms with Gasteiger partial charge in [0.25, 0.3) is 0 Å². The van der Waals surface area contributed by atoms with Crippen LogP contribution >= 0.6 is 7.37 Å². The highest BCUT2D eigenvalue weighted by Crippen LogP contribution is 2.54. The van der Waals surface area contributed by atoms with Gasteiger partial charge in [-0.3, -0.25) is 9.36 Å². The number of ether oxygens (including phenoxy) is 7. The van der Waals surface area contributed by atoms with E-state index in [-0.39, 0.29) is 115 Å². The van der Waals surface area contributed by atoms with Crippen molar-refractivity contribution in [1.29, 1.82) is 0 Å². The molecule has 64 heavy (non-hydrogen) atoms. The van der Waals surface area contributed by atoms with Crippen LogP contribution in [-0.4, -0.2) is 131 Å². The zero-order valence-corrected chi connectivity index (χ0v) is 42.7. The molecule has 0 radical (unpaired) electrons. The van der Waals surface area contributed by atoms with Crippen LogP contribution in [0.4, 0.5) is 0 Å². The number of aliphatic hydroxyl groups excluding tert-OH is 1. The van der Waals surface area contributed by atoms with Gasteiger partial charge in [0.2, 0.25) is 7.37 Å². The molecule has 4 unspecified atom stereocenters. The van der Waals surface area contributed by atoms with Gasteiger partial charge in [0.15, 0.2) is 14.1 Å². The predicted octanol–water partition coefficient (Wildman–Crippen LogP) is 9.41. The largest absolute Gasteiger partial charge is 0.417 e. The van der Waals surface area contributed by atoms with Crippen molar-refractivity contribution in [2.24, 2.45) is 29.6 Å². The molecule has 8 saturated heterocycles. The lowest BCUT2D eigenvalue weighted by Gasteiger charge is -2.42. The summed E-state index contributed by atoms with van der Waals surface area (Å²) in [6, 6.07) is 3.38. The second-order valence-electron chi connectivity index (χ2n) is 21.4. The molecule has 8 rings (SSSR count). The fraction of sp³-hybridized carbons (Fsp3) is 0.900. The Hall–Kier alpha value is -0.803. The molecule has 8 aliphatic heterocycles. The molecule has 8 heterocycles. The molecular formula is C50H85O12PSi. The van der Waals surface area contributed by atoms with Crippen LogP contribution < -0.4 is 0 Å².